The SMILES string of the molecule is N=C(/C=C/c1ccc(Cl)cc1)c1cc(-c2ncn[nH]2)ccc1N. The van der Waals surface area contributed by atoms with Gasteiger partial charge in [-0.15, -0.1) is 0 Å². The van der Waals surface area contributed by atoms with Gasteiger partial charge < -0.3 is 11.1 Å². The molecule has 0 amide bonds. The van der Waals surface area contributed by atoms with Crippen molar-refractivity contribution in [1.29, 1.82) is 5.41 Å². The maximum absolute atomic E-state index is 8.25. The van der Waals surface area contributed by atoms with Crippen molar-refractivity contribution in [3.8, 4) is 11.4 Å². The molecule has 3 aromatic rings. The highest BCUT2D eigenvalue weighted by Crippen LogP contribution is 2.22. The first kappa shape index (κ1) is 15.0. The molecule has 1 heterocycles. The number of benzene rings is 2. The molecular weight excluding hydrogens is 310 g/mol. The molecule has 3 rings (SSSR count). The van der Waals surface area contributed by atoms with Crippen molar-refractivity contribution in [3.05, 3.63) is 71.0 Å². The normalized spacial score (nSPS) is 11.0. The first-order valence-electron chi connectivity index (χ1n) is 6.91. The van der Waals surface area contributed by atoms with E-state index < -0.39 is 0 Å². The Balaban J connectivity index is 1.87. The van der Waals surface area contributed by atoms with Crippen LogP contribution >= 0.6 is 11.6 Å². The van der Waals surface area contributed by atoms with Crippen LogP contribution in [0.15, 0.2) is 54.9 Å². The van der Waals surface area contributed by atoms with Crippen LogP contribution in [-0.2, 0) is 0 Å². The molecule has 1 aromatic heterocycles. The van der Waals surface area contributed by atoms with Gasteiger partial charge in [-0.3, -0.25) is 5.10 Å². The zero-order valence-corrected chi connectivity index (χ0v) is 12.9. The Labute approximate surface area is 138 Å². The van der Waals surface area contributed by atoms with Gasteiger partial charge in [-0.25, -0.2) is 4.98 Å². The lowest BCUT2D eigenvalue weighted by Crippen LogP contribution is -2.01. The highest BCUT2D eigenvalue weighted by atomic mass is 35.5. The molecule has 0 radical (unpaired) electrons. The first-order valence-corrected chi connectivity index (χ1v) is 7.29. The summed E-state index contributed by atoms with van der Waals surface area (Å²) in [5.41, 5.74) is 9.29. The van der Waals surface area contributed by atoms with Crippen LogP contribution in [0.3, 0.4) is 0 Å². The van der Waals surface area contributed by atoms with Crippen LogP contribution in [0.25, 0.3) is 17.5 Å². The van der Waals surface area contributed by atoms with Gasteiger partial charge in [-0.05, 0) is 42.0 Å². The van der Waals surface area contributed by atoms with E-state index in [1.54, 1.807) is 12.1 Å². The summed E-state index contributed by atoms with van der Waals surface area (Å²) >= 11 is 5.86. The average Bonchev–Trinajstić information content (AvgIpc) is 3.09. The van der Waals surface area contributed by atoms with Crippen LogP contribution < -0.4 is 5.73 Å². The van der Waals surface area contributed by atoms with E-state index in [0.29, 0.717) is 27.8 Å². The van der Waals surface area contributed by atoms with Crippen molar-refractivity contribution in [2.75, 3.05) is 5.73 Å². The second-order valence-corrected chi connectivity index (χ2v) is 5.37. The third-order valence-corrected chi connectivity index (χ3v) is 3.60. The Morgan fingerprint density at radius 2 is 1.96 bits per heavy atom. The lowest BCUT2D eigenvalue weighted by atomic mass is 10.0. The van der Waals surface area contributed by atoms with Gasteiger partial charge >= 0.3 is 0 Å². The molecule has 0 atom stereocenters. The molecule has 4 N–H and O–H groups in total. The van der Waals surface area contributed by atoms with Crippen molar-refractivity contribution in [1.82, 2.24) is 15.2 Å². The van der Waals surface area contributed by atoms with E-state index in [2.05, 4.69) is 15.2 Å². The van der Waals surface area contributed by atoms with Crippen LogP contribution in [0, 0.1) is 5.41 Å². The van der Waals surface area contributed by atoms with E-state index in [4.69, 9.17) is 22.7 Å². The van der Waals surface area contributed by atoms with E-state index in [-0.39, 0.29) is 0 Å². The van der Waals surface area contributed by atoms with Crippen LogP contribution in [0.4, 0.5) is 5.69 Å². The van der Waals surface area contributed by atoms with E-state index >= 15 is 0 Å². The minimum absolute atomic E-state index is 0.318. The van der Waals surface area contributed by atoms with Crippen molar-refractivity contribution in [2.24, 2.45) is 0 Å². The molecule has 5 nitrogen and oxygen atoms in total. The molecule has 2 aromatic carbocycles. The summed E-state index contributed by atoms with van der Waals surface area (Å²) in [6, 6.07) is 12.8. The second-order valence-electron chi connectivity index (χ2n) is 4.93. The van der Waals surface area contributed by atoms with Gasteiger partial charge in [0.25, 0.3) is 0 Å². The van der Waals surface area contributed by atoms with Gasteiger partial charge in [0, 0.05) is 21.8 Å². The summed E-state index contributed by atoms with van der Waals surface area (Å²) in [7, 11) is 0. The lowest BCUT2D eigenvalue weighted by Gasteiger charge is -2.06. The Bertz CT molecular complexity index is 851. The summed E-state index contributed by atoms with van der Waals surface area (Å²) in [6.07, 6.45) is 5.00. The van der Waals surface area contributed by atoms with Crippen molar-refractivity contribution >= 4 is 29.1 Å². The van der Waals surface area contributed by atoms with E-state index in [1.165, 1.54) is 6.33 Å². The molecule has 0 fully saturated rings. The van der Waals surface area contributed by atoms with Crippen molar-refractivity contribution in [3.63, 3.8) is 0 Å². The van der Waals surface area contributed by atoms with Gasteiger partial charge in [0.1, 0.15) is 6.33 Å². The monoisotopic (exact) mass is 323 g/mol. The lowest BCUT2D eigenvalue weighted by molar-refractivity contribution is 1.10. The first-order chi connectivity index (χ1) is 11.1. The molecular formula is C17H14ClN5. The van der Waals surface area contributed by atoms with Crippen molar-refractivity contribution in [2.45, 2.75) is 0 Å². The smallest absolute Gasteiger partial charge is 0.155 e. The zero-order chi connectivity index (χ0) is 16.2. The summed E-state index contributed by atoms with van der Waals surface area (Å²) < 4.78 is 0. The summed E-state index contributed by atoms with van der Waals surface area (Å²) in [6.45, 7) is 0. The summed E-state index contributed by atoms with van der Waals surface area (Å²) in [5.74, 6) is 0.640. The third kappa shape index (κ3) is 3.46. The van der Waals surface area contributed by atoms with Crippen molar-refractivity contribution < 1.29 is 0 Å². The Kier molecular flexibility index (Phi) is 4.21. The van der Waals surface area contributed by atoms with Gasteiger partial charge in [0.2, 0.25) is 0 Å². The predicted octanol–water partition coefficient (Wildman–Crippen LogP) is 3.79. The largest absolute Gasteiger partial charge is 0.398 e. The molecule has 114 valence electrons. The number of aromatic amines is 1. The van der Waals surface area contributed by atoms with Gasteiger partial charge in [-0.1, -0.05) is 29.8 Å². The molecule has 0 bridgehead atoms. The highest BCUT2D eigenvalue weighted by molar-refractivity contribution is 6.30. The molecule has 6 heteroatoms. The van der Waals surface area contributed by atoms with Gasteiger partial charge in [-0.2, -0.15) is 5.10 Å². The third-order valence-electron chi connectivity index (χ3n) is 3.34. The Morgan fingerprint density at radius 3 is 2.65 bits per heavy atom. The zero-order valence-electron chi connectivity index (χ0n) is 12.1. The highest BCUT2D eigenvalue weighted by Gasteiger charge is 2.08. The number of anilines is 1. The Morgan fingerprint density at radius 1 is 1.17 bits per heavy atom. The number of aromatic nitrogens is 3. The number of allylic oxidation sites excluding steroid dienone is 1. The molecule has 0 saturated carbocycles. The maximum atomic E-state index is 8.25. The fourth-order valence-electron chi connectivity index (χ4n) is 2.12. The number of nitrogens with zero attached hydrogens (tertiary/aromatic N) is 2. The number of hydrogen-bond acceptors (Lipinski definition) is 4. The van der Waals surface area contributed by atoms with Gasteiger partial charge in [0.05, 0.1) is 5.71 Å². The molecule has 0 saturated heterocycles. The van der Waals surface area contributed by atoms with Gasteiger partial charge in [0.15, 0.2) is 5.82 Å². The molecule has 0 aliphatic heterocycles. The quantitative estimate of drug-likeness (QED) is 0.504. The van der Waals surface area contributed by atoms with Crippen LogP contribution in [-0.4, -0.2) is 20.9 Å². The minimum atomic E-state index is 0.318. The van der Waals surface area contributed by atoms with Crippen LogP contribution in [0.1, 0.15) is 11.1 Å². The summed E-state index contributed by atoms with van der Waals surface area (Å²) in [5, 5.41) is 15.6. The topological polar surface area (TPSA) is 91.4 Å². The van der Waals surface area contributed by atoms with E-state index in [0.717, 1.165) is 11.1 Å². The average molecular weight is 324 g/mol. The number of halogens is 1. The fourth-order valence-corrected chi connectivity index (χ4v) is 2.25. The van der Waals surface area contributed by atoms with E-state index in [1.807, 2.05) is 42.5 Å². The second kappa shape index (κ2) is 6.46. The predicted molar refractivity (Wildman–Crippen MR) is 93.5 cm³/mol. The molecule has 23 heavy (non-hydrogen) atoms. The maximum Gasteiger partial charge on any atom is 0.155 e. The molecule has 0 aliphatic carbocycles. The number of rotatable bonds is 4. The van der Waals surface area contributed by atoms with E-state index in [9.17, 15) is 0 Å². The molecule has 0 unspecified atom stereocenters. The molecule has 0 spiro atoms. The number of nitrogens with two attached hydrogens (primary N) is 1. The molecule has 0 aliphatic rings. The fraction of sp³-hybridized carbons (Fsp3) is 0. The standard InChI is InChI=1S/C17H14ClN5/c18-13-5-1-11(2-6-13)3-7-15(19)14-9-12(4-8-16(14)20)17-21-10-22-23-17/h1-10,19H,20H2,(H,21,22,23)/b7-3+,19-15?. The Hall–Kier alpha value is -2.92. The number of H-pyrrole nitrogens is 1. The summed E-state index contributed by atoms with van der Waals surface area (Å²) in [4.78, 5) is 4.11. The number of nitrogens with one attached hydrogen (secondary N) is 2. The van der Waals surface area contributed by atoms with Crippen LogP contribution in [0.5, 0.6) is 0 Å². The van der Waals surface area contributed by atoms with Crippen LogP contribution in [0.2, 0.25) is 5.02 Å². The number of hydrogen-bond donors (Lipinski definition) is 3. The minimum Gasteiger partial charge on any atom is -0.398 e. The number of nitrogen functional groups attached to an aromatic ring is 1.